The van der Waals surface area contributed by atoms with Gasteiger partial charge in [-0.3, -0.25) is 10.2 Å². The summed E-state index contributed by atoms with van der Waals surface area (Å²) in [6, 6.07) is 17.0. The molecule has 0 aromatic heterocycles. The van der Waals surface area contributed by atoms with Gasteiger partial charge in [-0.05, 0) is 29.3 Å². The summed E-state index contributed by atoms with van der Waals surface area (Å²) in [4.78, 5) is 16.4. The number of anilines is 1. The zero-order valence-electron chi connectivity index (χ0n) is 13.1. The zero-order chi connectivity index (χ0) is 16.9. The standard InChI is InChI=1S/C19H18N4O/c20-11-17(14-4-2-1-3-5-14)19(24)23-16-8-6-13(7-9-16)15-10-18(21)22-12-15/h1-10,12,17,21H,11,20H2,(H,23,24)/t17-/m0/s1. The highest BCUT2D eigenvalue weighted by molar-refractivity contribution is 6.25. The Balaban J connectivity index is 1.71. The summed E-state index contributed by atoms with van der Waals surface area (Å²) in [7, 11) is 0. The van der Waals surface area contributed by atoms with Crippen LogP contribution in [0.25, 0.3) is 5.57 Å². The molecule has 4 N–H and O–H groups in total. The number of carbonyl (C=O) groups excluding carboxylic acids is 1. The van der Waals surface area contributed by atoms with Gasteiger partial charge < -0.3 is 11.1 Å². The number of hydrogen-bond acceptors (Lipinski definition) is 3. The van der Waals surface area contributed by atoms with E-state index in [0.29, 0.717) is 5.69 Å². The van der Waals surface area contributed by atoms with Crippen molar-refractivity contribution in [2.75, 3.05) is 11.9 Å². The second kappa shape index (κ2) is 7.02. The number of nitrogens with zero attached hydrogens (tertiary/aromatic N) is 1. The third-order valence-corrected chi connectivity index (χ3v) is 3.87. The summed E-state index contributed by atoms with van der Waals surface area (Å²) in [6.07, 6.45) is 3.36. The highest BCUT2D eigenvalue weighted by Crippen LogP contribution is 2.21. The summed E-state index contributed by atoms with van der Waals surface area (Å²) >= 11 is 0. The van der Waals surface area contributed by atoms with Crippen molar-refractivity contribution < 1.29 is 4.79 Å². The van der Waals surface area contributed by atoms with Crippen LogP contribution in [0.5, 0.6) is 0 Å². The molecule has 0 saturated carbocycles. The number of amidine groups is 1. The van der Waals surface area contributed by atoms with E-state index >= 15 is 0 Å². The molecule has 2 aromatic rings. The highest BCUT2D eigenvalue weighted by atomic mass is 16.1. The number of nitrogens with one attached hydrogen (secondary N) is 2. The minimum atomic E-state index is -0.379. The van der Waals surface area contributed by atoms with Crippen LogP contribution in [0.3, 0.4) is 0 Å². The topological polar surface area (TPSA) is 91.3 Å². The van der Waals surface area contributed by atoms with Gasteiger partial charge in [0.05, 0.1) is 5.92 Å². The quantitative estimate of drug-likeness (QED) is 0.791. The predicted octanol–water partition coefficient (Wildman–Crippen LogP) is 2.81. The van der Waals surface area contributed by atoms with Crippen LogP contribution in [0.2, 0.25) is 0 Å². The minimum Gasteiger partial charge on any atom is -0.329 e. The first-order valence-corrected chi connectivity index (χ1v) is 7.68. The van der Waals surface area contributed by atoms with Crippen molar-refractivity contribution in [1.82, 2.24) is 0 Å². The van der Waals surface area contributed by atoms with Gasteiger partial charge in [0.15, 0.2) is 0 Å². The van der Waals surface area contributed by atoms with Gasteiger partial charge in [0.25, 0.3) is 0 Å². The average molecular weight is 318 g/mol. The van der Waals surface area contributed by atoms with Gasteiger partial charge >= 0.3 is 0 Å². The lowest BCUT2D eigenvalue weighted by atomic mass is 9.98. The Morgan fingerprint density at radius 3 is 2.42 bits per heavy atom. The fourth-order valence-electron chi connectivity index (χ4n) is 2.57. The molecule has 0 aliphatic carbocycles. The van der Waals surface area contributed by atoms with E-state index in [0.717, 1.165) is 16.7 Å². The van der Waals surface area contributed by atoms with Gasteiger partial charge in [0, 0.05) is 24.0 Å². The monoisotopic (exact) mass is 318 g/mol. The smallest absolute Gasteiger partial charge is 0.233 e. The van der Waals surface area contributed by atoms with E-state index in [9.17, 15) is 4.79 Å². The molecule has 0 saturated heterocycles. The molecule has 1 aliphatic rings. The lowest BCUT2D eigenvalue weighted by Gasteiger charge is -2.15. The van der Waals surface area contributed by atoms with Gasteiger partial charge in [-0.1, -0.05) is 42.5 Å². The molecule has 1 amide bonds. The maximum atomic E-state index is 12.5. The first kappa shape index (κ1) is 15.8. The van der Waals surface area contributed by atoms with E-state index in [1.165, 1.54) is 0 Å². The predicted molar refractivity (Wildman–Crippen MR) is 97.5 cm³/mol. The molecule has 1 atom stereocenters. The number of rotatable bonds is 5. The number of carbonyl (C=O) groups is 1. The van der Waals surface area contributed by atoms with Gasteiger partial charge in [-0.15, -0.1) is 0 Å². The fraction of sp³-hybridized carbons (Fsp3) is 0.105. The van der Waals surface area contributed by atoms with E-state index in [4.69, 9.17) is 11.1 Å². The maximum absolute atomic E-state index is 12.5. The second-order valence-corrected chi connectivity index (χ2v) is 5.51. The minimum absolute atomic E-state index is 0.125. The normalized spacial score (nSPS) is 14.4. The number of amides is 1. The Labute approximate surface area is 140 Å². The highest BCUT2D eigenvalue weighted by Gasteiger charge is 2.18. The summed E-state index contributed by atoms with van der Waals surface area (Å²) < 4.78 is 0. The average Bonchev–Trinajstić information content (AvgIpc) is 3.04. The van der Waals surface area contributed by atoms with Crippen LogP contribution in [-0.2, 0) is 4.79 Å². The van der Waals surface area contributed by atoms with E-state index < -0.39 is 0 Å². The number of benzene rings is 2. The third-order valence-electron chi connectivity index (χ3n) is 3.87. The Morgan fingerprint density at radius 1 is 1.12 bits per heavy atom. The molecule has 2 aromatic carbocycles. The molecule has 1 heterocycles. The number of hydrogen-bond donors (Lipinski definition) is 3. The molecule has 5 heteroatoms. The van der Waals surface area contributed by atoms with Crippen molar-refractivity contribution in [2.24, 2.45) is 10.7 Å². The molecule has 120 valence electrons. The molecule has 3 rings (SSSR count). The van der Waals surface area contributed by atoms with Crippen LogP contribution in [0.4, 0.5) is 5.69 Å². The van der Waals surface area contributed by atoms with Crippen molar-refractivity contribution in [2.45, 2.75) is 5.92 Å². The van der Waals surface area contributed by atoms with Crippen LogP contribution in [0, 0.1) is 5.41 Å². The van der Waals surface area contributed by atoms with Crippen LogP contribution >= 0.6 is 0 Å². The number of nitrogens with two attached hydrogens (primary N) is 1. The molecule has 0 radical (unpaired) electrons. The van der Waals surface area contributed by atoms with Crippen molar-refractivity contribution in [3.8, 4) is 0 Å². The first-order valence-electron chi connectivity index (χ1n) is 7.68. The Morgan fingerprint density at radius 2 is 1.83 bits per heavy atom. The summed E-state index contributed by atoms with van der Waals surface area (Å²) in [5, 5.41) is 10.4. The third kappa shape index (κ3) is 3.47. The van der Waals surface area contributed by atoms with E-state index in [1.807, 2.05) is 54.6 Å². The molecule has 1 aliphatic heterocycles. The summed E-state index contributed by atoms with van der Waals surface area (Å²) in [5.74, 6) is -0.257. The van der Waals surface area contributed by atoms with E-state index in [-0.39, 0.29) is 24.2 Å². The largest absolute Gasteiger partial charge is 0.329 e. The second-order valence-electron chi connectivity index (χ2n) is 5.51. The van der Waals surface area contributed by atoms with Gasteiger partial charge in [-0.2, -0.15) is 0 Å². The van der Waals surface area contributed by atoms with Gasteiger partial charge in [0.1, 0.15) is 5.84 Å². The Bertz CT molecular complexity index is 807. The molecule has 0 spiro atoms. The van der Waals surface area contributed by atoms with E-state index in [1.54, 1.807) is 12.3 Å². The fourth-order valence-corrected chi connectivity index (χ4v) is 2.57. The van der Waals surface area contributed by atoms with Crippen LogP contribution in [-0.4, -0.2) is 24.5 Å². The SMILES string of the molecule is N=C1C=C(c2ccc(NC(=O)[C@@H](CN)c3ccccc3)cc2)C=N1. The number of allylic oxidation sites excluding steroid dienone is 1. The van der Waals surface area contributed by atoms with Crippen LogP contribution in [0.15, 0.2) is 65.7 Å². The lowest BCUT2D eigenvalue weighted by Crippen LogP contribution is -2.27. The zero-order valence-corrected chi connectivity index (χ0v) is 13.1. The number of aliphatic imine (C=N–C) groups is 1. The van der Waals surface area contributed by atoms with Crippen molar-refractivity contribution in [3.05, 3.63) is 71.8 Å². The molecule has 5 nitrogen and oxygen atoms in total. The van der Waals surface area contributed by atoms with Crippen LogP contribution in [0.1, 0.15) is 17.0 Å². The van der Waals surface area contributed by atoms with Gasteiger partial charge in [0.2, 0.25) is 5.91 Å². The Kier molecular flexibility index (Phi) is 4.63. The first-order chi connectivity index (χ1) is 11.7. The lowest BCUT2D eigenvalue weighted by molar-refractivity contribution is -0.117. The van der Waals surface area contributed by atoms with Crippen molar-refractivity contribution in [3.63, 3.8) is 0 Å². The Hall–Kier alpha value is -3.05. The van der Waals surface area contributed by atoms with Crippen molar-refractivity contribution in [1.29, 1.82) is 5.41 Å². The molecule has 0 bridgehead atoms. The summed E-state index contributed by atoms with van der Waals surface area (Å²) in [6.45, 7) is 0.249. The molecular formula is C19H18N4O. The molecule has 0 unspecified atom stereocenters. The van der Waals surface area contributed by atoms with Gasteiger partial charge in [-0.25, -0.2) is 4.99 Å². The van der Waals surface area contributed by atoms with E-state index in [2.05, 4.69) is 10.3 Å². The molecular weight excluding hydrogens is 300 g/mol. The summed E-state index contributed by atoms with van der Waals surface area (Å²) in [5.41, 5.74) is 9.24. The molecule has 0 fully saturated rings. The van der Waals surface area contributed by atoms with Crippen LogP contribution < -0.4 is 11.1 Å². The van der Waals surface area contributed by atoms with Crippen molar-refractivity contribution >= 4 is 29.2 Å². The maximum Gasteiger partial charge on any atom is 0.233 e. The molecule has 24 heavy (non-hydrogen) atoms.